The highest BCUT2D eigenvalue weighted by molar-refractivity contribution is 5.70. The summed E-state index contributed by atoms with van der Waals surface area (Å²) in [6.45, 7) is -0.580. The van der Waals surface area contributed by atoms with Crippen LogP contribution in [-0.2, 0) is 4.74 Å². The molecule has 1 aliphatic heterocycles. The number of aliphatic hydroxyl groups excluding tert-OH is 2. The number of nitrogen functional groups attached to an aromatic ring is 1. The molecule has 20 heavy (non-hydrogen) atoms. The lowest BCUT2D eigenvalue weighted by Gasteiger charge is -2.16. The number of hydrogen-bond acceptors (Lipinski definition) is 7. The summed E-state index contributed by atoms with van der Waals surface area (Å²) < 4.78 is 20.1. The average molecular weight is 285 g/mol. The summed E-state index contributed by atoms with van der Waals surface area (Å²) in [6, 6.07) is 0. The third-order valence-corrected chi connectivity index (χ3v) is 3.20. The van der Waals surface area contributed by atoms with Crippen LogP contribution in [0.1, 0.15) is 6.23 Å². The maximum atomic E-state index is 13.7. The number of alkyl halides is 1. The van der Waals surface area contributed by atoms with E-state index in [1.54, 1.807) is 0 Å². The molecule has 4 atom stereocenters. The molecular formula is C10H12FN5O4. The minimum absolute atomic E-state index is 0.00837. The molecule has 3 heterocycles. The van der Waals surface area contributed by atoms with E-state index in [1.165, 1.54) is 10.9 Å². The number of rotatable bonds is 2. The third-order valence-electron chi connectivity index (χ3n) is 3.20. The van der Waals surface area contributed by atoms with Crippen molar-refractivity contribution in [1.82, 2.24) is 19.5 Å². The summed E-state index contributed by atoms with van der Waals surface area (Å²) in [6.07, 6.45) is -4.41. The number of nitrogens with two attached hydrogens (primary N) is 1. The van der Waals surface area contributed by atoms with Gasteiger partial charge in [0, 0.05) is 0 Å². The van der Waals surface area contributed by atoms with Crippen LogP contribution in [0.25, 0.3) is 11.2 Å². The maximum Gasteiger partial charge on any atom is 0.278 e. The minimum Gasteiger partial charge on any atom is -0.394 e. The van der Waals surface area contributed by atoms with Gasteiger partial charge in [-0.25, -0.2) is 9.37 Å². The molecule has 3 rings (SSSR count). The van der Waals surface area contributed by atoms with Gasteiger partial charge in [-0.1, -0.05) is 0 Å². The van der Waals surface area contributed by atoms with Crippen LogP contribution in [0.4, 0.5) is 10.3 Å². The van der Waals surface area contributed by atoms with Crippen LogP contribution >= 0.6 is 0 Å². The molecule has 0 aliphatic carbocycles. The second-order valence-corrected chi connectivity index (χ2v) is 4.46. The number of H-pyrrole nitrogens is 1. The van der Waals surface area contributed by atoms with Gasteiger partial charge in [0.25, 0.3) is 5.56 Å². The Hall–Kier alpha value is -2.04. The fourth-order valence-electron chi connectivity index (χ4n) is 2.25. The standard InChI is InChI=1S/C10H12FN5O4/c11-4-3(1-17)20-9(6(4)18)16-2-13-7-5(16)8(19)15-10(12)14-7/h2-4,6,9,17-18H,1H2,(H3,12,14,15,19)/t3-,4-,6-,9-/m1/s1. The lowest BCUT2D eigenvalue weighted by Crippen LogP contribution is -2.29. The van der Waals surface area contributed by atoms with E-state index >= 15 is 0 Å². The molecule has 1 saturated heterocycles. The Balaban J connectivity index is 2.10. The quantitative estimate of drug-likeness (QED) is 0.515. The number of nitrogens with one attached hydrogen (secondary N) is 1. The lowest BCUT2D eigenvalue weighted by atomic mass is 10.1. The van der Waals surface area contributed by atoms with Crippen molar-refractivity contribution in [3.05, 3.63) is 16.7 Å². The van der Waals surface area contributed by atoms with E-state index in [2.05, 4.69) is 15.0 Å². The molecule has 10 heteroatoms. The first-order valence-electron chi connectivity index (χ1n) is 5.83. The van der Waals surface area contributed by atoms with E-state index in [0.29, 0.717) is 0 Å². The van der Waals surface area contributed by atoms with Gasteiger partial charge in [0.2, 0.25) is 5.95 Å². The Morgan fingerprint density at radius 3 is 3.00 bits per heavy atom. The molecule has 0 saturated carbocycles. The minimum atomic E-state index is -1.76. The van der Waals surface area contributed by atoms with Gasteiger partial charge in [-0.15, -0.1) is 0 Å². The molecule has 0 bridgehead atoms. The maximum absolute atomic E-state index is 13.7. The van der Waals surface area contributed by atoms with Crippen molar-refractivity contribution in [2.45, 2.75) is 24.6 Å². The predicted molar refractivity (Wildman–Crippen MR) is 64.5 cm³/mol. The Labute approximate surface area is 110 Å². The third kappa shape index (κ3) is 1.77. The van der Waals surface area contributed by atoms with Crippen molar-refractivity contribution in [3.63, 3.8) is 0 Å². The van der Waals surface area contributed by atoms with E-state index in [1.807, 2.05) is 0 Å². The molecule has 5 N–H and O–H groups in total. The lowest BCUT2D eigenvalue weighted by molar-refractivity contribution is -0.0493. The molecule has 2 aromatic heterocycles. The molecular weight excluding hydrogens is 273 g/mol. The van der Waals surface area contributed by atoms with Crippen molar-refractivity contribution >= 4 is 17.1 Å². The Kier molecular flexibility index (Phi) is 2.92. The van der Waals surface area contributed by atoms with Gasteiger partial charge in [-0.3, -0.25) is 14.3 Å². The molecule has 108 valence electrons. The van der Waals surface area contributed by atoms with E-state index in [0.717, 1.165) is 0 Å². The predicted octanol–water partition coefficient (Wildman–Crippen LogP) is -1.71. The van der Waals surface area contributed by atoms with Crippen LogP contribution in [-0.4, -0.2) is 54.7 Å². The molecule has 1 fully saturated rings. The van der Waals surface area contributed by atoms with E-state index in [9.17, 15) is 14.3 Å². The molecule has 1 aliphatic rings. The van der Waals surface area contributed by atoms with Crippen molar-refractivity contribution in [1.29, 1.82) is 0 Å². The number of fused-ring (bicyclic) bond motifs is 1. The van der Waals surface area contributed by atoms with Crippen LogP contribution in [0.2, 0.25) is 0 Å². The Morgan fingerprint density at radius 1 is 1.60 bits per heavy atom. The van der Waals surface area contributed by atoms with E-state index in [-0.39, 0.29) is 17.1 Å². The largest absolute Gasteiger partial charge is 0.394 e. The molecule has 0 unspecified atom stereocenters. The van der Waals surface area contributed by atoms with E-state index < -0.39 is 36.8 Å². The number of aromatic amines is 1. The average Bonchev–Trinajstić information content (AvgIpc) is 2.93. The number of ether oxygens (including phenoxy) is 1. The highest BCUT2D eigenvalue weighted by Crippen LogP contribution is 2.32. The zero-order valence-corrected chi connectivity index (χ0v) is 10.1. The normalized spacial score (nSPS) is 30.1. The number of nitrogens with zero attached hydrogens (tertiary/aromatic N) is 3. The Bertz CT molecular complexity index is 701. The van der Waals surface area contributed by atoms with Crippen LogP contribution in [0, 0.1) is 0 Å². The molecule has 0 radical (unpaired) electrons. The number of halogens is 1. The zero-order chi connectivity index (χ0) is 14.4. The number of imidazole rings is 1. The van der Waals surface area contributed by atoms with Gasteiger partial charge in [0.05, 0.1) is 6.61 Å². The highest BCUT2D eigenvalue weighted by Gasteiger charge is 2.45. The summed E-state index contributed by atoms with van der Waals surface area (Å²) >= 11 is 0. The second kappa shape index (κ2) is 4.51. The van der Waals surface area contributed by atoms with Crippen molar-refractivity contribution in [3.8, 4) is 0 Å². The SMILES string of the molecule is Nc1nc2ncn([C@@H]3O[C@H](CO)[C@@H](F)[C@H]3O)c2c(=O)[nH]1. The van der Waals surface area contributed by atoms with E-state index in [4.69, 9.17) is 15.6 Å². The smallest absolute Gasteiger partial charge is 0.278 e. The zero-order valence-electron chi connectivity index (χ0n) is 10.1. The summed E-state index contributed by atoms with van der Waals surface area (Å²) in [5.74, 6) is -0.0998. The summed E-state index contributed by atoms with van der Waals surface area (Å²) in [7, 11) is 0. The second-order valence-electron chi connectivity index (χ2n) is 4.46. The first-order chi connectivity index (χ1) is 9.52. The van der Waals surface area contributed by atoms with Crippen LogP contribution in [0.3, 0.4) is 0 Å². The van der Waals surface area contributed by atoms with Crippen LogP contribution < -0.4 is 11.3 Å². The number of hydrogen-bond donors (Lipinski definition) is 4. The van der Waals surface area contributed by atoms with Gasteiger partial charge < -0.3 is 20.7 Å². The highest BCUT2D eigenvalue weighted by atomic mass is 19.1. The van der Waals surface area contributed by atoms with Gasteiger partial charge >= 0.3 is 0 Å². The molecule has 0 aromatic carbocycles. The molecule has 0 amide bonds. The van der Waals surface area contributed by atoms with Crippen molar-refractivity contribution in [2.75, 3.05) is 12.3 Å². The fourth-order valence-corrected chi connectivity index (χ4v) is 2.25. The molecule has 0 spiro atoms. The number of anilines is 1. The van der Waals surface area contributed by atoms with Gasteiger partial charge in [-0.05, 0) is 0 Å². The topological polar surface area (TPSA) is 139 Å². The molecule has 2 aromatic rings. The number of aromatic nitrogens is 4. The summed E-state index contributed by atoms with van der Waals surface area (Å²) in [5, 5.41) is 18.8. The first-order valence-corrected chi connectivity index (χ1v) is 5.83. The van der Waals surface area contributed by atoms with Crippen LogP contribution in [0.15, 0.2) is 11.1 Å². The molecule has 9 nitrogen and oxygen atoms in total. The summed E-state index contributed by atoms with van der Waals surface area (Å²) in [4.78, 5) is 21.8. The van der Waals surface area contributed by atoms with Crippen molar-refractivity contribution < 1.29 is 19.3 Å². The van der Waals surface area contributed by atoms with Crippen LogP contribution in [0.5, 0.6) is 0 Å². The monoisotopic (exact) mass is 285 g/mol. The van der Waals surface area contributed by atoms with Gasteiger partial charge in [0.15, 0.2) is 23.6 Å². The van der Waals surface area contributed by atoms with Crippen molar-refractivity contribution in [2.24, 2.45) is 0 Å². The number of aliphatic hydroxyl groups is 2. The summed E-state index contributed by atoms with van der Waals surface area (Å²) in [5.41, 5.74) is 4.88. The Morgan fingerprint density at radius 2 is 2.35 bits per heavy atom. The first kappa shape index (κ1) is 13.0. The van der Waals surface area contributed by atoms with Gasteiger partial charge in [0.1, 0.15) is 18.5 Å². The van der Waals surface area contributed by atoms with Gasteiger partial charge in [-0.2, -0.15) is 4.98 Å². The fraction of sp³-hybridized carbons (Fsp3) is 0.500.